The third-order valence-corrected chi connectivity index (χ3v) is 72.0. The summed E-state index contributed by atoms with van der Waals surface area (Å²) in [6, 6.07) is 0. The Morgan fingerprint density at radius 3 is 0.957 bits per heavy atom. The predicted octanol–water partition coefficient (Wildman–Crippen LogP) is 3.13. The topological polar surface area (TPSA) is 68.3 Å². The van der Waals surface area contributed by atoms with Crippen LogP contribution < -0.4 is 0 Å². The smallest absolute Gasteiger partial charge is 0.226 e. The van der Waals surface area contributed by atoms with E-state index in [0.717, 1.165) is 13.1 Å². The molecule has 0 unspecified atom stereocenters. The number of alkyl halides is 6. The van der Waals surface area contributed by atoms with Crippen molar-refractivity contribution in [2.24, 2.45) is 0 Å². The monoisotopic (exact) mass is 440 g/mol. The van der Waals surface area contributed by atoms with Gasteiger partial charge >= 0.3 is 16.9 Å². The summed E-state index contributed by atoms with van der Waals surface area (Å²) in [6.45, 7) is 6.39. The Morgan fingerprint density at radius 2 is 0.826 bits per heavy atom. The first-order valence-corrected chi connectivity index (χ1v) is 21.5. The van der Waals surface area contributed by atoms with Crippen LogP contribution in [0.4, 0.5) is 26.3 Å². The van der Waals surface area contributed by atoms with Gasteiger partial charge in [0.25, 0.3) is 0 Å². The molecular weight excluding hydrogens is 422 g/mol. The first-order valence-electron chi connectivity index (χ1n) is 6.12. The van der Waals surface area contributed by atoms with Crippen LogP contribution in [0.15, 0.2) is 0 Å². The maximum atomic E-state index is 13.0. The van der Waals surface area contributed by atoms with Crippen LogP contribution in [-0.4, -0.2) is 48.4 Å². The van der Waals surface area contributed by atoms with Gasteiger partial charge in [-0.25, -0.2) is 16.8 Å². The summed E-state index contributed by atoms with van der Waals surface area (Å²) in [5, 5.41) is 0. The van der Waals surface area contributed by atoms with Crippen molar-refractivity contribution in [1.82, 2.24) is 0 Å². The van der Waals surface area contributed by atoms with Crippen LogP contribution in [0.25, 0.3) is 0 Å². The van der Waals surface area contributed by atoms with Crippen LogP contribution in [0.5, 0.6) is 0 Å². The van der Waals surface area contributed by atoms with E-state index in [9.17, 15) is 43.2 Å². The fourth-order valence-electron chi connectivity index (χ4n) is 1.94. The van der Waals surface area contributed by atoms with E-state index in [1.165, 1.54) is 19.6 Å². The molecule has 0 bridgehead atoms. The Kier molecular flexibility index (Phi) is 5.60. The van der Waals surface area contributed by atoms with Gasteiger partial charge in [-0.05, 0) is 6.55 Å². The van der Waals surface area contributed by atoms with Crippen molar-refractivity contribution in [3.05, 3.63) is 0 Å². The van der Waals surface area contributed by atoms with Gasteiger partial charge in [0.15, 0.2) is 0 Å². The van der Waals surface area contributed by atoms with E-state index in [0.29, 0.717) is 0 Å². The van der Waals surface area contributed by atoms with Crippen molar-refractivity contribution in [2.75, 3.05) is 0 Å². The summed E-state index contributed by atoms with van der Waals surface area (Å²) in [4.78, 5) is 0. The Bertz CT molecular complexity index is 628. The molecule has 140 valence electrons. The molecule has 0 N–H and O–H groups in total. The first kappa shape index (κ1) is 23.1. The second-order valence-electron chi connectivity index (χ2n) is 6.72. The van der Waals surface area contributed by atoms with E-state index < -0.39 is 50.2 Å². The van der Waals surface area contributed by atoms with Crippen molar-refractivity contribution in [2.45, 2.75) is 50.3 Å². The van der Waals surface area contributed by atoms with Gasteiger partial charge in [-0.1, -0.05) is 32.7 Å². The summed E-state index contributed by atoms with van der Waals surface area (Å²) >= 11 is 0. The molecule has 0 fully saturated rings. The molecule has 0 rings (SSSR count). The van der Waals surface area contributed by atoms with Crippen LogP contribution >= 0.6 is 0 Å². The molecule has 0 saturated carbocycles. The van der Waals surface area contributed by atoms with Gasteiger partial charge in [-0.15, -0.1) is 0 Å². The zero-order valence-electron chi connectivity index (χ0n) is 13.2. The quantitative estimate of drug-likeness (QED) is 0.498. The molecule has 23 heavy (non-hydrogen) atoms. The Labute approximate surface area is 133 Å². The van der Waals surface area contributed by atoms with E-state index in [1.807, 2.05) is 0 Å². The maximum Gasteiger partial charge on any atom is 0.491 e. The Hall–Kier alpha value is 0.131. The molecule has 0 spiro atoms. The number of halogens is 6. The highest BCUT2D eigenvalue weighted by molar-refractivity contribution is 8.60. The second kappa shape index (κ2) is 5.57. The van der Waals surface area contributed by atoms with E-state index in [1.54, 1.807) is 0 Å². The van der Waals surface area contributed by atoms with E-state index in [4.69, 9.17) is 0 Å². The van der Waals surface area contributed by atoms with Gasteiger partial charge in [0.1, 0.15) is 0 Å². The zero-order chi connectivity index (χ0) is 19.5. The van der Waals surface area contributed by atoms with Crippen LogP contribution in [0, 0.1) is 0 Å². The zero-order valence-corrected chi connectivity index (χ0v) is 17.9. The normalized spacial score (nSPS) is 16.5. The largest absolute Gasteiger partial charge is 0.491 e. The SMILES string of the molecule is C[Si](C)(C)[Si](C)(C)[Si](C)(S(=O)(=O)C(F)(F)F)S(=O)(=O)C(F)(F)F. The lowest BCUT2D eigenvalue weighted by Gasteiger charge is -2.45. The molecule has 0 aromatic rings. The first-order chi connectivity index (χ1) is 9.50. The maximum absolute atomic E-state index is 13.0. The lowest BCUT2D eigenvalue weighted by atomic mass is 11.6. The third kappa shape index (κ3) is 3.06. The average molecular weight is 441 g/mol. The third-order valence-electron chi connectivity index (χ3n) is 4.65. The summed E-state index contributed by atoms with van der Waals surface area (Å²) in [5.74, 6) is -5.94. The summed E-state index contributed by atoms with van der Waals surface area (Å²) in [6.07, 6.45) is 0. The van der Waals surface area contributed by atoms with Crippen LogP contribution in [-0.2, 0) is 18.6 Å². The highest BCUT2D eigenvalue weighted by Gasteiger charge is 2.80. The lowest BCUT2D eigenvalue weighted by Crippen LogP contribution is -2.79. The lowest BCUT2D eigenvalue weighted by molar-refractivity contribution is -0.0424. The molecule has 0 aliphatic carbocycles. The molecule has 0 aliphatic rings. The summed E-state index contributed by atoms with van der Waals surface area (Å²) in [5.41, 5.74) is -12.1. The molecule has 0 aromatic carbocycles. The van der Waals surface area contributed by atoms with Crippen molar-refractivity contribution < 1.29 is 43.2 Å². The fraction of sp³-hybridized carbons (Fsp3) is 1.00. The minimum absolute atomic E-state index is 0.198. The molecule has 0 amide bonds. The van der Waals surface area contributed by atoms with E-state index in [2.05, 4.69) is 0 Å². The van der Waals surface area contributed by atoms with Crippen molar-refractivity contribution in [3.63, 3.8) is 0 Å². The number of hydrogen-bond acceptors (Lipinski definition) is 4. The molecule has 0 atom stereocenters. The van der Waals surface area contributed by atoms with Crippen LogP contribution in [0.3, 0.4) is 0 Å². The molecule has 0 aliphatic heterocycles. The van der Waals surface area contributed by atoms with Gasteiger partial charge in [0.2, 0.25) is 18.6 Å². The number of rotatable bonds is 4. The van der Waals surface area contributed by atoms with Gasteiger partial charge in [-0.2, -0.15) is 26.3 Å². The molecule has 0 saturated heterocycles. The molecular formula is C8H18F6O4S2Si3. The van der Waals surface area contributed by atoms with Gasteiger partial charge in [-0.3, -0.25) is 0 Å². The molecule has 0 radical (unpaired) electrons. The van der Waals surface area contributed by atoms with E-state index >= 15 is 0 Å². The van der Waals surface area contributed by atoms with Gasteiger partial charge < -0.3 is 0 Å². The molecule has 4 nitrogen and oxygen atoms in total. The average Bonchev–Trinajstić information content (AvgIpc) is 2.22. The predicted molar refractivity (Wildman–Crippen MR) is 82.4 cm³/mol. The van der Waals surface area contributed by atoms with Crippen molar-refractivity contribution >= 4 is 39.2 Å². The van der Waals surface area contributed by atoms with Gasteiger partial charge in [0.05, 0.1) is 7.11 Å². The molecule has 15 heteroatoms. The Balaban J connectivity index is 7.28. The van der Waals surface area contributed by atoms with Crippen LogP contribution in [0.2, 0.25) is 39.3 Å². The van der Waals surface area contributed by atoms with Gasteiger partial charge in [0, 0.05) is 7.59 Å². The molecule has 0 heterocycles. The minimum atomic E-state index is -6.49. The Morgan fingerprint density at radius 1 is 0.609 bits per heavy atom. The minimum Gasteiger partial charge on any atom is -0.226 e. The van der Waals surface area contributed by atoms with Crippen molar-refractivity contribution in [1.29, 1.82) is 0 Å². The summed E-state index contributed by atoms with van der Waals surface area (Å²) in [7, 11) is -19.9. The van der Waals surface area contributed by atoms with Crippen molar-refractivity contribution in [3.8, 4) is 0 Å². The highest BCUT2D eigenvalue weighted by atomic mass is 32.6. The van der Waals surface area contributed by atoms with E-state index in [-0.39, 0.29) is 6.55 Å². The molecule has 0 aromatic heterocycles. The number of hydrogen-bond donors (Lipinski definition) is 0. The summed E-state index contributed by atoms with van der Waals surface area (Å²) < 4.78 is 126. The van der Waals surface area contributed by atoms with Crippen LogP contribution in [0.1, 0.15) is 0 Å². The highest BCUT2D eigenvalue weighted by Crippen LogP contribution is 2.47. The second-order valence-corrected chi connectivity index (χ2v) is 46.9. The fourth-order valence-corrected chi connectivity index (χ4v) is 72.0. The standard InChI is InChI=1S/C8H18F6O4S2Si3/c1-21(2,3)22(4,5)23(6,19(15,16)7(9,10)11)20(17,18)8(12,13)14/h1-6H3.